The van der Waals surface area contributed by atoms with Gasteiger partial charge in [0.05, 0.1) is 0 Å². The van der Waals surface area contributed by atoms with Crippen molar-refractivity contribution in [1.82, 2.24) is 10.3 Å². The van der Waals surface area contributed by atoms with E-state index < -0.39 is 0 Å². The fourth-order valence-electron chi connectivity index (χ4n) is 2.68. The first kappa shape index (κ1) is 16.0. The predicted octanol–water partition coefficient (Wildman–Crippen LogP) is 2.51. The lowest BCUT2D eigenvalue weighted by Crippen LogP contribution is -2.32. The highest BCUT2D eigenvalue weighted by Crippen LogP contribution is 2.27. The van der Waals surface area contributed by atoms with Gasteiger partial charge in [0.25, 0.3) is 0 Å². The second kappa shape index (κ2) is 7.59. The summed E-state index contributed by atoms with van der Waals surface area (Å²) in [4.78, 5) is 13.4. The molecule has 4 nitrogen and oxygen atoms in total. The van der Waals surface area contributed by atoms with Crippen LogP contribution in [0.4, 0.5) is 0 Å². The summed E-state index contributed by atoms with van der Waals surface area (Å²) in [6, 6.07) is 6.06. The van der Waals surface area contributed by atoms with E-state index >= 15 is 0 Å². The highest BCUT2D eigenvalue weighted by atomic mass is 35.5. The molecule has 114 valence electrons. The molecular weight excluding hydrogens is 286 g/mol. The van der Waals surface area contributed by atoms with Gasteiger partial charge in [0.2, 0.25) is 5.91 Å². The summed E-state index contributed by atoms with van der Waals surface area (Å²) in [5, 5.41) is 0.785. The Bertz CT molecular complexity index is 542. The van der Waals surface area contributed by atoms with E-state index in [1.165, 1.54) is 16.7 Å². The van der Waals surface area contributed by atoms with Crippen molar-refractivity contribution in [2.45, 2.75) is 26.2 Å². The molecule has 3 N–H and O–H groups in total. The van der Waals surface area contributed by atoms with Gasteiger partial charge in [0, 0.05) is 24.5 Å². The zero-order valence-electron chi connectivity index (χ0n) is 12.4. The lowest BCUT2D eigenvalue weighted by atomic mass is 9.95. The number of hydrogen-bond acceptors (Lipinski definition) is 3. The van der Waals surface area contributed by atoms with Crippen LogP contribution in [0.15, 0.2) is 24.3 Å². The van der Waals surface area contributed by atoms with E-state index in [-0.39, 0.29) is 5.91 Å². The molecule has 0 atom stereocenters. The highest BCUT2D eigenvalue weighted by Gasteiger charge is 2.14. The number of hydrazine groups is 1. The minimum absolute atomic E-state index is 0.0972. The van der Waals surface area contributed by atoms with Gasteiger partial charge in [-0.15, -0.1) is 0 Å². The number of nitrogens with zero attached hydrogens (tertiary/aromatic N) is 1. The van der Waals surface area contributed by atoms with Crippen molar-refractivity contribution in [3.05, 3.63) is 40.4 Å². The molecule has 0 aliphatic carbocycles. The summed E-state index contributed by atoms with van der Waals surface area (Å²) in [5.74, 6) is 4.97. The van der Waals surface area contributed by atoms with Crippen LogP contribution in [0.3, 0.4) is 0 Å². The lowest BCUT2D eigenvalue weighted by molar-refractivity contribution is -0.121. The number of carbonyl (C=O) groups is 1. The number of benzene rings is 1. The molecular formula is C16H22ClN3O. The Morgan fingerprint density at radius 1 is 1.48 bits per heavy atom. The third-order valence-corrected chi connectivity index (χ3v) is 4.10. The third-order valence-electron chi connectivity index (χ3n) is 3.87. The molecule has 0 bridgehead atoms. The van der Waals surface area contributed by atoms with Crippen molar-refractivity contribution in [3.63, 3.8) is 0 Å². The van der Waals surface area contributed by atoms with Gasteiger partial charge in [-0.25, -0.2) is 5.84 Å². The lowest BCUT2D eigenvalue weighted by Gasteiger charge is -2.26. The number of halogens is 1. The molecule has 0 saturated heterocycles. The van der Waals surface area contributed by atoms with Crippen molar-refractivity contribution in [3.8, 4) is 0 Å². The molecule has 1 aromatic carbocycles. The van der Waals surface area contributed by atoms with Gasteiger partial charge >= 0.3 is 0 Å². The van der Waals surface area contributed by atoms with Gasteiger partial charge in [-0.3, -0.25) is 15.1 Å². The molecule has 2 rings (SSSR count). The predicted molar refractivity (Wildman–Crippen MR) is 86.8 cm³/mol. The van der Waals surface area contributed by atoms with E-state index in [0.29, 0.717) is 6.42 Å². The molecule has 0 unspecified atom stereocenters. The minimum Gasteiger partial charge on any atom is -0.299 e. The Morgan fingerprint density at radius 2 is 2.29 bits per heavy atom. The largest absolute Gasteiger partial charge is 0.299 e. The van der Waals surface area contributed by atoms with Crippen LogP contribution in [0.1, 0.15) is 30.4 Å². The van der Waals surface area contributed by atoms with E-state index in [1.54, 1.807) is 0 Å². The summed E-state index contributed by atoms with van der Waals surface area (Å²) in [5.41, 5.74) is 6.07. The molecule has 1 aromatic rings. The van der Waals surface area contributed by atoms with E-state index in [0.717, 1.165) is 37.5 Å². The van der Waals surface area contributed by atoms with Gasteiger partial charge in [-0.05, 0) is 55.1 Å². The average Bonchev–Trinajstić information content (AvgIpc) is 2.48. The molecule has 0 spiro atoms. The summed E-state index contributed by atoms with van der Waals surface area (Å²) in [6.45, 7) is 4.98. The SMILES string of the molecule is Cc1cc(Cl)ccc1C1=CCN(CCCC(=O)NN)CC1. The molecule has 1 amide bonds. The highest BCUT2D eigenvalue weighted by molar-refractivity contribution is 6.30. The fraction of sp³-hybridized carbons (Fsp3) is 0.438. The van der Waals surface area contributed by atoms with Gasteiger partial charge in [-0.2, -0.15) is 0 Å². The molecule has 0 radical (unpaired) electrons. The first-order chi connectivity index (χ1) is 10.1. The van der Waals surface area contributed by atoms with Crippen LogP contribution in [0, 0.1) is 6.92 Å². The molecule has 0 aromatic heterocycles. The number of hydrogen-bond donors (Lipinski definition) is 2. The fourth-order valence-corrected chi connectivity index (χ4v) is 2.91. The van der Waals surface area contributed by atoms with E-state index in [9.17, 15) is 4.79 Å². The maximum Gasteiger partial charge on any atom is 0.233 e. The zero-order valence-corrected chi connectivity index (χ0v) is 13.1. The summed E-state index contributed by atoms with van der Waals surface area (Å²) in [6.07, 6.45) is 4.64. The topological polar surface area (TPSA) is 58.4 Å². The Labute approximate surface area is 130 Å². The molecule has 21 heavy (non-hydrogen) atoms. The van der Waals surface area contributed by atoms with Crippen molar-refractivity contribution >= 4 is 23.1 Å². The Hall–Kier alpha value is -1.36. The molecule has 1 aliphatic rings. The van der Waals surface area contributed by atoms with E-state index in [2.05, 4.69) is 29.4 Å². The molecule has 0 fully saturated rings. The van der Waals surface area contributed by atoms with Crippen molar-refractivity contribution in [1.29, 1.82) is 0 Å². The number of rotatable bonds is 5. The maximum atomic E-state index is 11.1. The monoisotopic (exact) mass is 307 g/mol. The number of amides is 1. The van der Waals surface area contributed by atoms with Crippen LogP contribution in [-0.2, 0) is 4.79 Å². The average molecular weight is 308 g/mol. The third kappa shape index (κ3) is 4.56. The number of carbonyl (C=O) groups excluding carboxylic acids is 1. The van der Waals surface area contributed by atoms with Gasteiger partial charge in [0.1, 0.15) is 0 Å². The van der Waals surface area contributed by atoms with E-state index in [1.807, 2.05) is 12.1 Å². The van der Waals surface area contributed by atoms with Gasteiger partial charge in [0.15, 0.2) is 0 Å². The smallest absolute Gasteiger partial charge is 0.233 e. The minimum atomic E-state index is -0.0972. The Kier molecular flexibility index (Phi) is 5.79. The van der Waals surface area contributed by atoms with Crippen LogP contribution in [0.25, 0.3) is 5.57 Å². The van der Waals surface area contributed by atoms with Crippen LogP contribution < -0.4 is 11.3 Å². The number of nitrogens with one attached hydrogen (secondary N) is 1. The molecule has 5 heteroatoms. The molecule has 1 aliphatic heterocycles. The normalized spacial score (nSPS) is 15.7. The number of nitrogens with two attached hydrogens (primary N) is 1. The second-order valence-corrected chi connectivity index (χ2v) is 5.85. The van der Waals surface area contributed by atoms with Crippen LogP contribution >= 0.6 is 11.6 Å². The van der Waals surface area contributed by atoms with Crippen molar-refractivity contribution in [2.75, 3.05) is 19.6 Å². The Balaban J connectivity index is 1.88. The second-order valence-electron chi connectivity index (χ2n) is 5.41. The van der Waals surface area contributed by atoms with Crippen LogP contribution in [0.2, 0.25) is 5.02 Å². The molecule has 0 saturated carbocycles. The summed E-state index contributed by atoms with van der Waals surface area (Å²) in [7, 11) is 0. The van der Waals surface area contributed by atoms with Crippen molar-refractivity contribution in [2.24, 2.45) is 5.84 Å². The van der Waals surface area contributed by atoms with Gasteiger partial charge < -0.3 is 0 Å². The van der Waals surface area contributed by atoms with Crippen molar-refractivity contribution < 1.29 is 4.79 Å². The van der Waals surface area contributed by atoms with Crippen LogP contribution in [0.5, 0.6) is 0 Å². The first-order valence-electron chi connectivity index (χ1n) is 7.27. The first-order valence-corrected chi connectivity index (χ1v) is 7.65. The van der Waals surface area contributed by atoms with Crippen LogP contribution in [-0.4, -0.2) is 30.4 Å². The maximum absolute atomic E-state index is 11.1. The molecule has 1 heterocycles. The quantitative estimate of drug-likeness (QED) is 0.499. The zero-order chi connectivity index (χ0) is 15.2. The summed E-state index contributed by atoms with van der Waals surface area (Å²) < 4.78 is 0. The number of aryl methyl sites for hydroxylation is 1. The summed E-state index contributed by atoms with van der Waals surface area (Å²) >= 11 is 6.00. The van der Waals surface area contributed by atoms with E-state index in [4.69, 9.17) is 17.4 Å². The standard InChI is InChI=1S/C16H22ClN3O/c1-12-11-14(17)4-5-15(12)13-6-9-20(10-7-13)8-2-3-16(21)19-18/h4-6,11H,2-3,7-10,18H2,1H3,(H,19,21). The Morgan fingerprint density at radius 3 is 2.90 bits per heavy atom. The van der Waals surface area contributed by atoms with Gasteiger partial charge in [-0.1, -0.05) is 23.7 Å².